The van der Waals surface area contributed by atoms with Crippen LogP contribution in [0.15, 0.2) is 103 Å². The Morgan fingerprint density at radius 1 is 0.868 bits per heavy atom. The zero-order chi connectivity index (χ0) is 37.1. The molecule has 11 nitrogen and oxygen atoms in total. The van der Waals surface area contributed by atoms with E-state index in [9.17, 15) is 24.9 Å². The number of aromatic amines is 1. The summed E-state index contributed by atoms with van der Waals surface area (Å²) in [6.45, 7) is 4.55. The largest absolute Gasteiger partial charge is 0.448 e. The summed E-state index contributed by atoms with van der Waals surface area (Å²) in [5.41, 5.74) is 11.7. The van der Waals surface area contributed by atoms with Crippen molar-refractivity contribution in [2.45, 2.75) is 63.4 Å². The van der Waals surface area contributed by atoms with E-state index in [-0.39, 0.29) is 12.5 Å². The minimum absolute atomic E-state index is 0.0546. The predicted molar refractivity (Wildman–Crippen MR) is 199 cm³/mol. The highest BCUT2D eigenvalue weighted by atomic mass is 16.8. The molecule has 0 spiro atoms. The molecular weight excluding hydrogens is 674 g/mol. The van der Waals surface area contributed by atoms with Gasteiger partial charge in [-0.25, -0.2) is 15.1 Å². The Balaban J connectivity index is 1.02. The van der Waals surface area contributed by atoms with Gasteiger partial charge in [0.15, 0.2) is 0 Å². The number of aromatic nitrogens is 1. The van der Waals surface area contributed by atoms with Gasteiger partial charge >= 0.3 is 6.09 Å². The standard InChI is InChI=1S/C42H43N3O8/c1-25-29(34-13-7-8-14-36(34)43-25)21-22-45(42(50)51-24-35-32-11-5-3-9-30(32)31-10-4-6-12-33(31)35)23-28-17-15-27(16-18-28)19-20-37(46)44-53-41-40(49)39(48)38(47)26(2)52-41/h3-20,26,35,38-41,43,47-49H,21-24H2,1-2H3,(H,44,46)/b20-19+/t26-,38-,39+,40-,41-/m0/s1. The molecule has 11 heteroatoms. The van der Waals surface area contributed by atoms with Gasteiger partial charge in [0.2, 0.25) is 6.29 Å². The predicted octanol–water partition coefficient (Wildman–Crippen LogP) is 5.36. The number of aliphatic hydroxyl groups excluding tert-OH is 3. The Kier molecular flexibility index (Phi) is 10.7. The van der Waals surface area contributed by atoms with Gasteiger partial charge in [-0.15, -0.1) is 0 Å². The molecule has 1 aromatic heterocycles. The summed E-state index contributed by atoms with van der Waals surface area (Å²) in [4.78, 5) is 36.7. The summed E-state index contributed by atoms with van der Waals surface area (Å²) in [7, 11) is 0. The van der Waals surface area contributed by atoms with E-state index in [1.165, 1.54) is 24.1 Å². The first kappa shape index (κ1) is 36.1. The smallest absolute Gasteiger partial charge is 0.410 e. The summed E-state index contributed by atoms with van der Waals surface area (Å²) >= 11 is 0. The molecular formula is C42H43N3O8. The number of benzene rings is 4. The second kappa shape index (κ2) is 15.7. The Morgan fingerprint density at radius 3 is 2.25 bits per heavy atom. The van der Waals surface area contributed by atoms with Crippen molar-refractivity contribution in [1.29, 1.82) is 0 Å². The van der Waals surface area contributed by atoms with Crippen LogP contribution in [0.2, 0.25) is 0 Å². The van der Waals surface area contributed by atoms with Gasteiger partial charge in [0.1, 0.15) is 24.9 Å². The van der Waals surface area contributed by atoms with Crippen molar-refractivity contribution >= 4 is 29.0 Å². The first-order chi connectivity index (χ1) is 25.7. The first-order valence-corrected chi connectivity index (χ1v) is 17.8. The van der Waals surface area contributed by atoms with Crippen molar-refractivity contribution in [2.24, 2.45) is 0 Å². The molecule has 0 saturated carbocycles. The number of fused-ring (bicyclic) bond motifs is 4. The molecule has 7 rings (SSSR count). The molecule has 274 valence electrons. The van der Waals surface area contributed by atoms with Gasteiger partial charge in [-0.05, 0) is 71.4 Å². The van der Waals surface area contributed by atoms with E-state index in [4.69, 9.17) is 14.3 Å². The normalized spacial score (nSPS) is 21.0. The lowest BCUT2D eigenvalue weighted by Gasteiger charge is -2.38. The van der Waals surface area contributed by atoms with Crippen LogP contribution in [-0.2, 0) is 32.1 Å². The van der Waals surface area contributed by atoms with Crippen molar-refractivity contribution in [3.8, 4) is 11.1 Å². The fourth-order valence-electron chi connectivity index (χ4n) is 7.21. The van der Waals surface area contributed by atoms with Gasteiger partial charge < -0.3 is 34.7 Å². The summed E-state index contributed by atoms with van der Waals surface area (Å²) in [6.07, 6.45) is -3.37. The van der Waals surface area contributed by atoms with Crippen LogP contribution >= 0.6 is 0 Å². The number of nitrogens with zero attached hydrogens (tertiary/aromatic N) is 1. The van der Waals surface area contributed by atoms with Crippen molar-refractivity contribution in [2.75, 3.05) is 13.2 Å². The number of para-hydroxylation sites is 1. The van der Waals surface area contributed by atoms with Crippen LogP contribution in [0.3, 0.4) is 0 Å². The Hall–Kier alpha value is -5.30. The van der Waals surface area contributed by atoms with Gasteiger partial charge in [0.25, 0.3) is 5.91 Å². The molecule has 2 aliphatic rings. The number of rotatable bonds is 11. The maximum Gasteiger partial charge on any atom is 0.410 e. The molecule has 0 bridgehead atoms. The number of hydrogen-bond donors (Lipinski definition) is 5. The van der Waals surface area contributed by atoms with Gasteiger partial charge in [0, 0.05) is 41.7 Å². The van der Waals surface area contributed by atoms with Crippen LogP contribution in [0.5, 0.6) is 0 Å². The average molecular weight is 718 g/mol. The number of hydroxylamine groups is 1. The first-order valence-electron chi connectivity index (χ1n) is 17.8. The number of aliphatic hydroxyl groups is 3. The number of carbonyl (C=O) groups excluding carboxylic acids is 2. The maximum atomic E-state index is 13.9. The van der Waals surface area contributed by atoms with E-state index in [0.29, 0.717) is 19.5 Å². The molecule has 1 aliphatic carbocycles. The van der Waals surface area contributed by atoms with Crippen LogP contribution in [0.4, 0.5) is 4.79 Å². The van der Waals surface area contributed by atoms with Gasteiger partial charge in [-0.1, -0.05) is 91.0 Å². The molecule has 5 N–H and O–H groups in total. The second-order valence-electron chi connectivity index (χ2n) is 13.6. The average Bonchev–Trinajstić information content (AvgIpc) is 3.68. The summed E-state index contributed by atoms with van der Waals surface area (Å²) < 4.78 is 11.4. The lowest BCUT2D eigenvalue weighted by atomic mass is 9.98. The van der Waals surface area contributed by atoms with E-state index in [0.717, 1.165) is 44.4 Å². The second-order valence-corrected chi connectivity index (χ2v) is 13.6. The SMILES string of the molecule is Cc1[nH]c2ccccc2c1CCN(Cc1ccc(/C=C/C(=O)NO[C@@H]2O[C@@H](C)[C@H](O)[C@@H](O)[C@@H]2O)cc1)C(=O)OCC1c2ccccc2-c2ccccc21. The molecule has 1 fully saturated rings. The minimum atomic E-state index is -1.54. The molecule has 53 heavy (non-hydrogen) atoms. The number of carbonyl (C=O) groups is 2. The number of H-pyrrole nitrogens is 1. The molecule has 2 heterocycles. The van der Waals surface area contributed by atoms with Crippen LogP contribution < -0.4 is 5.48 Å². The molecule has 4 aromatic carbocycles. The van der Waals surface area contributed by atoms with Crippen LogP contribution in [0.1, 0.15) is 46.4 Å². The summed E-state index contributed by atoms with van der Waals surface area (Å²) in [5.74, 6) is -0.673. The molecule has 1 saturated heterocycles. The molecule has 0 unspecified atom stereocenters. The lowest BCUT2D eigenvalue weighted by molar-refractivity contribution is -0.305. The lowest BCUT2D eigenvalue weighted by Crippen LogP contribution is -2.58. The molecule has 2 amide bonds. The summed E-state index contributed by atoms with van der Waals surface area (Å²) in [6, 6.07) is 32.2. The van der Waals surface area contributed by atoms with E-state index in [2.05, 4.69) is 53.8 Å². The molecule has 0 radical (unpaired) electrons. The highest BCUT2D eigenvalue weighted by Gasteiger charge is 2.43. The Labute approximate surface area is 307 Å². The maximum absolute atomic E-state index is 13.9. The van der Waals surface area contributed by atoms with Crippen molar-refractivity contribution in [1.82, 2.24) is 15.4 Å². The number of hydrogen-bond acceptors (Lipinski definition) is 8. The molecule has 5 atom stereocenters. The third-order valence-corrected chi connectivity index (χ3v) is 10.1. The zero-order valence-electron chi connectivity index (χ0n) is 29.5. The van der Waals surface area contributed by atoms with Crippen molar-refractivity contribution in [3.05, 3.63) is 137 Å². The highest BCUT2D eigenvalue weighted by molar-refractivity contribution is 5.91. The quantitative estimate of drug-likeness (QED) is 0.0905. The van der Waals surface area contributed by atoms with Crippen LogP contribution in [0.25, 0.3) is 28.1 Å². The molecule has 5 aromatic rings. The van der Waals surface area contributed by atoms with E-state index in [1.807, 2.05) is 60.7 Å². The number of amides is 2. The third-order valence-electron chi connectivity index (χ3n) is 10.1. The monoisotopic (exact) mass is 717 g/mol. The Bertz CT molecular complexity index is 2070. The fourth-order valence-corrected chi connectivity index (χ4v) is 7.21. The van der Waals surface area contributed by atoms with Crippen molar-refractivity contribution in [3.63, 3.8) is 0 Å². The number of aryl methyl sites for hydroxylation is 1. The Morgan fingerprint density at radius 2 is 1.53 bits per heavy atom. The van der Waals surface area contributed by atoms with Gasteiger partial charge in [-0.2, -0.15) is 0 Å². The summed E-state index contributed by atoms with van der Waals surface area (Å²) in [5, 5.41) is 31.0. The van der Waals surface area contributed by atoms with Crippen LogP contribution in [-0.4, -0.2) is 81.1 Å². The number of nitrogens with one attached hydrogen (secondary N) is 2. The number of ether oxygens (including phenoxy) is 2. The topological polar surface area (TPSA) is 154 Å². The minimum Gasteiger partial charge on any atom is -0.448 e. The van der Waals surface area contributed by atoms with E-state index >= 15 is 0 Å². The van der Waals surface area contributed by atoms with Gasteiger partial charge in [-0.3, -0.25) is 4.79 Å². The van der Waals surface area contributed by atoms with Crippen molar-refractivity contribution < 1.29 is 39.2 Å². The zero-order valence-corrected chi connectivity index (χ0v) is 29.5. The molecule has 1 aliphatic heterocycles. The van der Waals surface area contributed by atoms with E-state index < -0.39 is 42.7 Å². The van der Waals surface area contributed by atoms with Crippen LogP contribution in [0, 0.1) is 6.92 Å². The van der Waals surface area contributed by atoms with Gasteiger partial charge in [0.05, 0.1) is 6.10 Å². The van der Waals surface area contributed by atoms with E-state index in [1.54, 1.807) is 11.0 Å². The third kappa shape index (κ3) is 7.75. The fraction of sp³-hybridized carbons (Fsp3) is 0.286. The highest BCUT2D eigenvalue weighted by Crippen LogP contribution is 2.44.